The number of carbonyl (C=O) groups excluding carboxylic acids is 2. The number of nitro benzene ring substituents is 1. The van der Waals surface area contributed by atoms with Crippen LogP contribution in [0.1, 0.15) is 42.9 Å². The molecule has 2 atom stereocenters. The molecule has 1 aliphatic carbocycles. The van der Waals surface area contributed by atoms with Crippen LogP contribution in [0.3, 0.4) is 0 Å². The van der Waals surface area contributed by atoms with E-state index in [0.29, 0.717) is 28.9 Å². The third-order valence-corrected chi connectivity index (χ3v) is 6.81. The number of Topliss-reactive ketones (excluding diaryl/α,β-unsaturated/α-hetero) is 1. The summed E-state index contributed by atoms with van der Waals surface area (Å²) < 4.78 is 5.27. The Bertz CT molecular complexity index is 1400. The van der Waals surface area contributed by atoms with Crippen molar-refractivity contribution in [3.05, 3.63) is 105 Å². The average Bonchev–Trinajstić information content (AvgIpc) is 3.03. The molecule has 0 unspecified atom stereocenters. The van der Waals surface area contributed by atoms with Crippen LogP contribution in [0.15, 0.2) is 84.1 Å². The molecule has 182 valence electrons. The number of non-ortho nitro benzene ring substituents is 1. The van der Waals surface area contributed by atoms with Gasteiger partial charge >= 0.3 is 0 Å². The van der Waals surface area contributed by atoms with Crippen molar-refractivity contribution >= 4 is 28.8 Å². The fourth-order valence-corrected chi connectivity index (χ4v) is 5.17. The van der Waals surface area contributed by atoms with Gasteiger partial charge in [-0.15, -0.1) is 0 Å². The maximum Gasteiger partial charge on any atom is 0.269 e. The van der Waals surface area contributed by atoms with Crippen LogP contribution in [-0.2, 0) is 9.59 Å². The van der Waals surface area contributed by atoms with E-state index in [9.17, 15) is 19.7 Å². The number of hydrogen-bond acceptors (Lipinski definition) is 6. The van der Waals surface area contributed by atoms with Gasteiger partial charge in [-0.05, 0) is 47.7 Å². The highest BCUT2D eigenvalue weighted by atomic mass is 16.6. The molecule has 3 aromatic carbocycles. The van der Waals surface area contributed by atoms with Gasteiger partial charge in [-0.3, -0.25) is 24.6 Å². The molecule has 8 heteroatoms. The Kier molecular flexibility index (Phi) is 6.01. The van der Waals surface area contributed by atoms with E-state index in [1.54, 1.807) is 24.1 Å². The molecule has 8 nitrogen and oxygen atoms in total. The van der Waals surface area contributed by atoms with E-state index in [1.165, 1.54) is 19.1 Å². The van der Waals surface area contributed by atoms with Crippen LogP contribution in [0.25, 0.3) is 0 Å². The van der Waals surface area contributed by atoms with E-state index in [0.717, 1.165) is 17.0 Å². The van der Waals surface area contributed by atoms with Gasteiger partial charge in [0.1, 0.15) is 5.75 Å². The Balaban J connectivity index is 1.68. The second-order valence-corrected chi connectivity index (χ2v) is 8.98. The zero-order valence-electron chi connectivity index (χ0n) is 19.9. The summed E-state index contributed by atoms with van der Waals surface area (Å²) in [6.45, 7) is 1.44. The quantitative estimate of drug-likeness (QED) is 0.387. The van der Waals surface area contributed by atoms with E-state index in [1.807, 2.05) is 48.5 Å². The first-order chi connectivity index (χ1) is 17.4. The first-order valence-electron chi connectivity index (χ1n) is 11.7. The molecule has 0 fully saturated rings. The van der Waals surface area contributed by atoms with Crippen LogP contribution in [0, 0.1) is 10.1 Å². The molecule has 1 amide bonds. The first kappa shape index (κ1) is 23.3. The van der Waals surface area contributed by atoms with Crippen molar-refractivity contribution in [3.8, 4) is 5.75 Å². The zero-order chi connectivity index (χ0) is 25.4. The lowest BCUT2D eigenvalue weighted by molar-refractivity contribution is -0.384. The molecule has 1 heterocycles. The molecule has 0 aromatic heterocycles. The lowest BCUT2D eigenvalue weighted by Crippen LogP contribution is -2.37. The highest BCUT2D eigenvalue weighted by Gasteiger charge is 2.41. The predicted molar refractivity (Wildman–Crippen MR) is 136 cm³/mol. The van der Waals surface area contributed by atoms with E-state index in [-0.39, 0.29) is 29.7 Å². The van der Waals surface area contributed by atoms with Crippen LogP contribution in [-0.4, -0.2) is 23.7 Å². The average molecular weight is 484 g/mol. The first-order valence-corrected chi connectivity index (χ1v) is 11.7. The van der Waals surface area contributed by atoms with Crippen LogP contribution < -0.4 is 15.0 Å². The molecular formula is C28H25N3O5. The second kappa shape index (κ2) is 9.30. The highest BCUT2D eigenvalue weighted by molar-refractivity contribution is 6.06. The lowest BCUT2D eigenvalue weighted by Gasteiger charge is -2.34. The molecule has 5 rings (SSSR count). The Morgan fingerprint density at radius 3 is 2.47 bits per heavy atom. The van der Waals surface area contributed by atoms with E-state index < -0.39 is 11.0 Å². The van der Waals surface area contributed by atoms with Gasteiger partial charge in [0.25, 0.3) is 5.69 Å². The molecule has 0 saturated carbocycles. The monoisotopic (exact) mass is 483 g/mol. The summed E-state index contributed by atoms with van der Waals surface area (Å²) in [6.07, 6.45) is 0.819. The number of benzene rings is 3. The van der Waals surface area contributed by atoms with Crippen LogP contribution in [0.2, 0.25) is 0 Å². The van der Waals surface area contributed by atoms with Gasteiger partial charge in [-0.25, -0.2) is 0 Å². The van der Waals surface area contributed by atoms with Gasteiger partial charge in [0.05, 0.1) is 29.4 Å². The number of amides is 1. The Morgan fingerprint density at radius 1 is 1.03 bits per heavy atom. The van der Waals surface area contributed by atoms with Gasteiger partial charge < -0.3 is 10.1 Å². The minimum absolute atomic E-state index is 0.0588. The largest absolute Gasteiger partial charge is 0.497 e. The number of fused-ring (bicyclic) bond motifs is 1. The minimum atomic E-state index is -0.794. The lowest BCUT2D eigenvalue weighted by atomic mass is 9.78. The number of para-hydroxylation sites is 2. The van der Waals surface area contributed by atoms with Crippen molar-refractivity contribution in [1.82, 2.24) is 0 Å². The van der Waals surface area contributed by atoms with Crippen LogP contribution >= 0.6 is 0 Å². The smallest absolute Gasteiger partial charge is 0.269 e. The van der Waals surface area contributed by atoms with Crippen molar-refractivity contribution in [1.29, 1.82) is 0 Å². The molecule has 0 radical (unpaired) electrons. The summed E-state index contributed by atoms with van der Waals surface area (Å²) in [5.74, 6) is 0.321. The molecule has 0 spiro atoms. The summed E-state index contributed by atoms with van der Waals surface area (Å²) in [4.78, 5) is 39.5. The maximum absolute atomic E-state index is 13.8. The third-order valence-electron chi connectivity index (χ3n) is 6.81. The number of ether oxygens (including phenoxy) is 1. The standard InChI is InChI=1S/C28H25N3O5/c1-17(32)30-25-9-4-3-8-23(25)29-24-15-20(18-10-12-22(36-2)13-11-18)16-26(33)27(24)28(30)19-6-5-7-21(14-19)31(34)35/h3-14,20,28-29H,15-16H2,1-2H3/t20-,28-/m1/s1. The number of methoxy groups -OCH3 is 1. The van der Waals surface area contributed by atoms with E-state index in [4.69, 9.17) is 4.74 Å². The molecule has 0 saturated heterocycles. The van der Waals surface area contributed by atoms with Gasteiger partial charge in [0, 0.05) is 36.7 Å². The Morgan fingerprint density at radius 2 is 1.78 bits per heavy atom. The van der Waals surface area contributed by atoms with Crippen molar-refractivity contribution in [2.24, 2.45) is 0 Å². The molecule has 1 aliphatic heterocycles. The van der Waals surface area contributed by atoms with Crippen molar-refractivity contribution in [2.75, 3.05) is 17.3 Å². The molecule has 3 aromatic rings. The number of nitrogens with zero attached hydrogens (tertiary/aromatic N) is 2. The van der Waals surface area contributed by atoms with E-state index >= 15 is 0 Å². The summed E-state index contributed by atoms with van der Waals surface area (Å²) in [5, 5.41) is 15.0. The number of rotatable bonds is 4. The fourth-order valence-electron chi connectivity index (χ4n) is 5.17. The summed E-state index contributed by atoms with van der Waals surface area (Å²) in [6, 6.07) is 20.4. The maximum atomic E-state index is 13.8. The SMILES string of the molecule is COc1ccc([C@H]2CC(=O)C3=C(C2)Nc2ccccc2N(C(C)=O)[C@@H]3c2cccc([N+](=O)[O-])c2)cc1. The third kappa shape index (κ3) is 4.11. The number of nitrogens with one attached hydrogen (secondary N) is 1. The van der Waals surface area contributed by atoms with Gasteiger partial charge in [0.15, 0.2) is 5.78 Å². The van der Waals surface area contributed by atoms with Crippen molar-refractivity contribution in [3.63, 3.8) is 0 Å². The predicted octanol–water partition coefficient (Wildman–Crippen LogP) is 5.52. The Hall–Kier alpha value is -4.46. The topological polar surface area (TPSA) is 102 Å². The van der Waals surface area contributed by atoms with Gasteiger partial charge in [-0.1, -0.05) is 36.4 Å². The number of nitro groups is 1. The summed E-state index contributed by atoms with van der Waals surface area (Å²) in [7, 11) is 1.61. The number of hydrogen-bond donors (Lipinski definition) is 1. The van der Waals surface area contributed by atoms with E-state index in [2.05, 4.69) is 5.32 Å². The normalized spacial score (nSPS) is 19.1. The van der Waals surface area contributed by atoms with Crippen molar-refractivity contribution < 1.29 is 19.2 Å². The number of ketones is 1. The molecule has 2 aliphatic rings. The summed E-state index contributed by atoms with van der Waals surface area (Å²) >= 11 is 0. The number of anilines is 2. The zero-order valence-corrected chi connectivity index (χ0v) is 19.9. The molecule has 1 N–H and O–H groups in total. The minimum Gasteiger partial charge on any atom is -0.497 e. The van der Waals surface area contributed by atoms with Crippen molar-refractivity contribution in [2.45, 2.75) is 31.7 Å². The molecular weight excluding hydrogens is 458 g/mol. The molecule has 0 bridgehead atoms. The molecule has 36 heavy (non-hydrogen) atoms. The highest BCUT2D eigenvalue weighted by Crippen LogP contribution is 2.47. The summed E-state index contributed by atoms with van der Waals surface area (Å²) in [5.41, 5.74) is 3.95. The van der Waals surface area contributed by atoms with Gasteiger partial charge in [-0.2, -0.15) is 0 Å². The fraction of sp³-hybridized carbons (Fsp3) is 0.214. The van der Waals surface area contributed by atoms with Crippen LogP contribution in [0.5, 0.6) is 5.75 Å². The van der Waals surface area contributed by atoms with Crippen LogP contribution in [0.4, 0.5) is 17.1 Å². The number of carbonyl (C=O) groups is 2. The van der Waals surface area contributed by atoms with Gasteiger partial charge in [0.2, 0.25) is 5.91 Å². The second-order valence-electron chi connectivity index (χ2n) is 8.98. The Labute approximate surface area is 208 Å². The number of allylic oxidation sites excluding steroid dienone is 1.